The molecule has 0 saturated heterocycles. The molecular formula is C15H19N3O3. The van der Waals surface area contributed by atoms with E-state index in [0.29, 0.717) is 17.7 Å². The summed E-state index contributed by atoms with van der Waals surface area (Å²) in [4.78, 5) is 23.1. The number of methoxy groups -OCH3 is 1. The molecule has 1 heterocycles. The van der Waals surface area contributed by atoms with E-state index in [1.165, 1.54) is 4.57 Å². The highest BCUT2D eigenvalue weighted by Crippen LogP contribution is 2.34. The van der Waals surface area contributed by atoms with E-state index in [1.807, 2.05) is 0 Å². The molecule has 0 saturated carbocycles. The van der Waals surface area contributed by atoms with Gasteiger partial charge in [0, 0.05) is 17.0 Å². The van der Waals surface area contributed by atoms with E-state index >= 15 is 0 Å². The van der Waals surface area contributed by atoms with Gasteiger partial charge in [-0.3, -0.25) is 9.36 Å². The van der Waals surface area contributed by atoms with Crippen LogP contribution in [0.5, 0.6) is 5.75 Å². The summed E-state index contributed by atoms with van der Waals surface area (Å²) in [5.41, 5.74) is 11.5. The largest absolute Gasteiger partial charge is 0.496 e. The third-order valence-corrected chi connectivity index (χ3v) is 3.63. The minimum atomic E-state index is -0.738. The Labute approximate surface area is 122 Å². The number of nitrogens with zero attached hydrogens (tertiary/aromatic N) is 1. The zero-order valence-electron chi connectivity index (χ0n) is 12.3. The number of benzene rings is 1. The number of nitrogens with two attached hydrogens (primary N) is 2. The van der Waals surface area contributed by atoms with Crippen molar-refractivity contribution in [3.63, 3.8) is 0 Å². The third kappa shape index (κ3) is 2.56. The Morgan fingerprint density at radius 1 is 1.29 bits per heavy atom. The van der Waals surface area contributed by atoms with E-state index in [9.17, 15) is 9.59 Å². The molecule has 4 N–H and O–H groups in total. The van der Waals surface area contributed by atoms with Crippen molar-refractivity contribution in [2.24, 2.45) is 16.9 Å². The Morgan fingerprint density at radius 2 is 1.95 bits per heavy atom. The van der Waals surface area contributed by atoms with Crippen LogP contribution >= 0.6 is 0 Å². The monoisotopic (exact) mass is 289 g/mol. The number of hydrogen-bond donors (Lipinski definition) is 2. The SMILES string of the molecule is COc1cccc2c1c(CC(C)(C)C(N)=O)cn2C(N)=O. The van der Waals surface area contributed by atoms with Gasteiger partial charge in [-0.2, -0.15) is 0 Å². The number of hydrogen-bond acceptors (Lipinski definition) is 3. The highest BCUT2D eigenvalue weighted by molar-refractivity contribution is 5.97. The zero-order chi connectivity index (χ0) is 15.8. The first-order valence-corrected chi connectivity index (χ1v) is 6.54. The Balaban J connectivity index is 2.68. The molecule has 1 aromatic heterocycles. The van der Waals surface area contributed by atoms with Gasteiger partial charge in [0.1, 0.15) is 5.75 Å². The van der Waals surface area contributed by atoms with Crippen molar-refractivity contribution in [3.05, 3.63) is 30.0 Å². The summed E-state index contributed by atoms with van der Waals surface area (Å²) in [7, 11) is 1.55. The van der Waals surface area contributed by atoms with Gasteiger partial charge in [0.15, 0.2) is 0 Å². The van der Waals surface area contributed by atoms with Gasteiger partial charge in [0.25, 0.3) is 0 Å². The molecule has 0 bridgehead atoms. The standard InChI is InChI=1S/C15H19N3O3/c1-15(2,13(16)19)7-9-8-18(14(17)20)10-5-4-6-11(21-3)12(9)10/h4-6,8H,7H2,1-3H3,(H2,16,19)(H2,17,20). The van der Waals surface area contributed by atoms with E-state index in [-0.39, 0.29) is 0 Å². The molecule has 0 unspecified atom stereocenters. The van der Waals surface area contributed by atoms with Gasteiger partial charge in [0.05, 0.1) is 12.6 Å². The summed E-state index contributed by atoms with van der Waals surface area (Å²) >= 11 is 0. The molecule has 0 atom stereocenters. The van der Waals surface area contributed by atoms with Gasteiger partial charge >= 0.3 is 6.03 Å². The molecule has 0 aliphatic heterocycles. The van der Waals surface area contributed by atoms with Crippen molar-refractivity contribution in [1.82, 2.24) is 4.57 Å². The number of aromatic nitrogens is 1. The van der Waals surface area contributed by atoms with Crippen LogP contribution in [-0.2, 0) is 11.2 Å². The Kier molecular flexibility index (Phi) is 3.63. The summed E-state index contributed by atoms with van der Waals surface area (Å²) < 4.78 is 6.71. The first-order valence-electron chi connectivity index (χ1n) is 6.54. The molecule has 2 amide bonds. The van der Waals surface area contributed by atoms with Crippen molar-refractivity contribution in [3.8, 4) is 5.75 Å². The summed E-state index contributed by atoms with van der Waals surface area (Å²) in [6, 6.07) is 4.78. The van der Waals surface area contributed by atoms with E-state index in [1.54, 1.807) is 45.4 Å². The van der Waals surface area contributed by atoms with Crippen LogP contribution in [0.3, 0.4) is 0 Å². The highest BCUT2D eigenvalue weighted by atomic mass is 16.5. The summed E-state index contributed by atoms with van der Waals surface area (Å²) in [6.45, 7) is 3.52. The molecule has 6 nitrogen and oxygen atoms in total. The number of rotatable bonds is 4. The maximum atomic E-state index is 11.6. The fourth-order valence-electron chi connectivity index (χ4n) is 2.38. The second-order valence-corrected chi connectivity index (χ2v) is 5.64. The lowest BCUT2D eigenvalue weighted by Gasteiger charge is -2.20. The molecule has 2 aromatic rings. The minimum Gasteiger partial charge on any atom is -0.496 e. The molecular weight excluding hydrogens is 270 g/mol. The molecule has 21 heavy (non-hydrogen) atoms. The van der Waals surface area contributed by atoms with Crippen molar-refractivity contribution in [2.45, 2.75) is 20.3 Å². The normalized spacial score (nSPS) is 11.6. The van der Waals surface area contributed by atoms with Crippen molar-refractivity contribution in [1.29, 1.82) is 0 Å². The average molecular weight is 289 g/mol. The number of carbonyl (C=O) groups is 2. The summed E-state index contributed by atoms with van der Waals surface area (Å²) in [5.74, 6) is 0.222. The number of fused-ring (bicyclic) bond motifs is 1. The smallest absolute Gasteiger partial charge is 0.323 e. The lowest BCUT2D eigenvalue weighted by molar-refractivity contribution is -0.125. The number of amides is 2. The molecule has 2 rings (SSSR count). The van der Waals surface area contributed by atoms with Crippen LogP contribution in [0, 0.1) is 5.41 Å². The van der Waals surface area contributed by atoms with Gasteiger partial charge < -0.3 is 16.2 Å². The fourth-order valence-corrected chi connectivity index (χ4v) is 2.38. The van der Waals surface area contributed by atoms with Gasteiger partial charge in [-0.15, -0.1) is 0 Å². The van der Waals surface area contributed by atoms with Crippen molar-refractivity contribution < 1.29 is 14.3 Å². The maximum Gasteiger partial charge on any atom is 0.323 e. The van der Waals surface area contributed by atoms with Crippen LogP contribution in [0.15, 0.2) is 24.4 Å². The topological polar surface area (TPSA) is 100 Å². The van der Waals surface area contributed by atoms with Gasteiger partial charge in [0.2, 0.25) is 5.91 Å². The maximum absolute atomic E-state index is 11.6. The van der Waals surface area contributed by atoms with Gasteiger partial charge in [-0.1, -0.05) is 19.9 Å². The van der Waals surface area contributed by atoms with Crippen LogP contribution < -0.4 is 16.2 Å². The molecule has 0 aliphatic carbocycles. The Morgan fingerprint density at radius 3 is 2.48 bits per heavy atom. The van der Waals surface area contributed by atoms with Crippen LogP contribution in [0.4, 0.5) is 4.79 Å². The molecule has 0 aliphatic rings. The number of carbonyl (C=O) groups excluding carboxylic acids is 2. The second kappa shape index (κ2) is 5.12. The van der Waals surface area contributed by atoms with E-state index in [0.717, 1.165) is 10.9 Å². The molecule has 112 valence electrons. The quantitative estimate of drug-likeness (QED) is 0.894. The van der Waals surface area contributed by atoms with Gasteiger partial charge in [-0.05, 0) is 24.1 Å². The molecule has 1 aromatic carbocycles. The predicted octanol–water partition coefficient (Wildman–Crippen LogP) is 1.63. The van der Waals surface area contributed by atoms with Crippen LogP contribution in [0.25, 0.3) is 10.9 Å². The predicted molar refractivity (Wildman–Crippen MR) is 80.2 cm³/mol. The third-order valence-electron chi connectivity index (χ3n) is 3.63. The van der Waals surface area contributed by atoms with Crippen molar-refractivity contribution in [2.75, 3.05) is 7.11 Å². The lowest BCUT2D eigenvalue weighted by Crippen LogP contribution is -2.33. The lowest BCUT2D eigenvalue weighted by atomic mass is 9.85. The van der Waals surface area contributed by atoms with Gasteiger partial charge in [-0.25, -0.2) is 4.79 Å². The zero-order valence-corrected chi connectivity index (χ0v) is 12.3. The fraction of sp³-hybridized carbons (Fsp3) is 0.333. The van der Waals surface area contributed by atoms with Crippen LogP contribution in [0.1, 0.15) is 19.4 Å². The Bertz CT molecular complexity index is 716. The van der Waals surface area contributed by atoms with E-state index in [2.05, 4.69) is 0 Å². The average Bonchev–Trinajstić information content (AvgIpc) is 2.77. The summed E-state index contributed by atoms with van der Waals surface area (Å²) in [6.07, 6.45) is 2.03. The summed E-state index contributed by atoms with van der Waals surface area (Å²) in [5, 5.41) is 0.771. The highest BCUT2D eigenvalue weighted by Gasteiger charge is 2.28. The van der Waals surface area contributed by atoms with Crippen LogP contribution in [-0.4, -0.2) is 23.6 Å². The number of ether oxygens (including phenoxy) is 1. The van der Waals surface area contributed by atoms with E-state index < -0.39 is 17.4 Å². The minimum absolute atomic E-state index is 0.388. The van der Waals surface area contributed by atoms with Crippen molar-refractivity contribution >= 4 is 22.8 Å². The first kappa shape index (κ1) is 14.9. The second-order valence-electron chi connectivity index (χ2n) is 5.64. The molecule has 0 fully saturated rings. The first-order chi connectivity index (χ1) is 9.77. The molecule has 6 heteroatoms. The Hall–Kier alpha value is -2.50. The number of primary amides is 2. The molecule has 0 spiro atoms. The van der Waals surface area contributed by atoms with E-state index in [4.69, 9.17) is 16.2 Å². The van der Waals surface area contributed by atoms with Crippen LogP contribution in [0.2, 0.25) is 0 Å². The molecule has 0 radical (unpaired) electrons.